The van der Waals surface area contributed by atoms with E-state index in [4.69, 9.17) is 27.9 Å². The molecule has 3 rings (SSSR count). The minimum absolute atomic E-state index is 0.0669. The first-order chi connectivity index (χ1) is 16.7. The van der Waals surface area contributed by atoms with E-state index in [1.807, 2.05) is 57.2 Å². The maximum absolute atomic E-state index is 13.6. The lowest BCUT2D eigenvalue weighted by Crippen LogP contribution is -2.51. The van der Waals surface area contributed by atoms with E-state index in [0.717, 1.165) is 22.3 Å². The molecule has 184 valence electrons. The lowest BCUT2D eigenvalue weighted by atomic mass is 10.0. The van der Waals surface area contributed by atoms with E-state index >= 15 is 0 Å². The molecule has 35 heavy (non-hydrogen) atoms. The van der Waals surface area contributed by atoms with Crippen molar-refractivity contribution in [2.45, 2.75) is 39.8 Å². The van der Waals surface area contributed by atoms with Crippen LogP contribution in [0.15, 0.2) is 60.7 Å². The van der Waals surface area contributed by atoms with Crippen LogP contribution in [-0.2, 0) is 22.6 Å². The molecule has 0 unspecified atom stereocenters. The first kappa shape index (κ1) is 26.6. The van der Waals surface area contributed by atoms with Crippen LogP contribution in [0, 0.1) is 20.8 Å². The second kappa shape index (κ2) is 12.1. The third-order valence-electron chi connectivity index (χ3n) is 6.02. The van der Waals surface area contributed by atoms with E-state index in [1.165, 1.54) is 4.90 Å². The molecule has 0 aliphatic heterocycles. The molecule has 0 radical (unpaired) electrons. The molecule has 1 N–H and O–H groups in total. The fourth-order valence-corrected chi connectivity index (χ4v) is 4.46. The summed E-state index contributed by atoms with van der Waals surface area (Å²) in [7, 11) is 1.56. The van der Waals surface area contributed by atoms with Crippen molar-refractivity contribution < 1.29 is 14.3 Å². The largest absolute Gasteiger partial charge is 0.483 e. The highest BCUT2D eigenvalue weighted by Gasteiger charge is 2.31. The van der Waals surface area contributed by atoms with Gasteiger partial charge in [0.1, 0.15) is 11.8 Å². The lowest BCUT2D eigenvalue weighted by Gasteiger charge is -2.31. The molecule has 0 bridgehead atoms. The molecular formula is C28H30Cl2N2O3. The van der Waals surface area contributed by atoms with Crippen LogP contribution in [0.2, 0.25) is 10.0 Å². The van der Waals surface area contributed by atoms with Gasteiger partial charge in [-0.3, -0.25) is 9.59 Å². The highest BCUT2D eigenvalue weighted by Crippen LogP contribution is 2.28. The number of likely N-dealkylation sites (N-methyl/N-ethyl adjacent to an activating group) is 1. The van der Waals surface area contributed by atoms with Crippen LogP contribution in [0.25, 0.3) is 0 Å². The van der Waals surface area contributed by atoms with Gasteiger partial charge < -0.3 is 15.0 Å². The second-order valence-electron chi connectivity index (χ2n) is 8.54. The third kappa shape index (κ3) is 6.77. The molecule has 3 aromatic rings. The minimum Gasteiger partial charge on any atom is -0.483 e. The number of nitrogens with zero attached hydrogens (tertiary/aromatic N) is 1. The average Bonchev–Trinajstić information content (AvgIpc) is 2.84. The average molecular weight is 513 g/mol. The van der Waals surface area contributed by atoms with Crippen molar-refractivity contribution in [2.75, 3.05) is 13.7 Å². The van der Waals surface area contributed by atoms with Gasteiger partial charge >= 0.3 is 0 Å². The van der Waals surface area contributed by atoms with Gasteiger partial charge in [-0.1, -0.05) is 65.7 Å². The summed E-state index contributed by atoms with van der Waals surface area (Å²) in [5, 5.41) is 3.55. The van der Waals surface area contributed by atoms with Crippen molar-refractivity contribution in [3.05, 3.63) is 98.5 Å². The SMILES string of the molecule is CNC(=O)[C@@H](Cc1ccccc1)N(Cc1c(Cl)cccc1Cl)C(=O)COc1cc(C)cc(C)c1C. The Morgan fingerprint density at radius 2 is 1.63 bits per heavy atom. The van der Waals surface area contributed by atoms with E-state index in [9.17, 15) is 9.59 Å². The van der Waals surface area contributed by atoms with Gasteiger partial charge in [0.15, 0.2) is 6.61 Å². The standard InChI is InChI=1S/C28H30Cl2N2O3/c1-18-13-19(2)20(3)26(14-18)35-17-27(33)32(16-22-23(29)11-8-12-24(22)30)25(28(34)31-4)15-21-9-6-5-7-10-21/h5-14,25H,15-17H2,1-4H3,(H,31,34)/t25-/m1/s1. The van der Waals surface area contributed by atoms with Gasteiger partial charge in [-0.25, -0.2) is 0 Å². The number of ether oxygens (including phenoxy) is 1. The number of carbonyl (C=O) groups is 2. The van der Waals surface area contributed by atoms with Gasteiger partial charge in [0, 0.05) is 35.6 Å². The smallest absolute Gasteiger partial charge is 0.261 e. The number of amides is 2. The Bertz CT molecular complexity index is 1180. The zero-order valence-corrected chi connectivity index (χ0v) is 21.9. The van der Waals surface area contributed by atoms with Crippen molar-refractivity contribution in [3.63, 3.8) is 0 Å². The number of hydrogen-bond acceptors (Lipinski definition) is 3. The van der Waals surface area contributed by atoms with Crippen LogP contribution in [0.1, 0.15) is 27.8 Å². The number of hydrogen-bond donors (Lipinski definition) is 1. The van der Waals surface area contributed by atoms with Crippen molar-refractivity contribution >= 4 is 35.0 Å². The molecule has 2 amide bonds. The Balaban J connectivity index is 1.95. The summed E-state index contributed by atoms with van der Waals surface area (Å²) in [6, 6.07) is 17.9. The maximum Gasteiger partial charge on any atom is 0.261 e. The van der Waals surface area contributed by atoms with E-state index in [0.29, 0.717) is 27.8 Å². The third-order valence-corrected chi connectivity index (χ3v) is 6.73. The van der Waals surface area contributed by atoms with Crippen LogP contribution in [0.3, 0.4) is 0 Å². The Labute approximate surface area is 217 Å². The zero-order valence-electron chi connectivity index (χ0n) is 20.4. The monoisotopic (exact) mass is 512 g/mol. The Morgan fingerprint density at radius 1 is 0.971 bits per heavy atom. The number of aryl methyl sites for hydroxylation is 2. The number of nitrogens with one attached hydrogen (secondary N) is 1. The van der Waals surface area contributed by atoms with Gasteiger partial charge in [-0.05, 0) is 61.2 Å². The van der Waals surface area contributed by atoms with Crippen molar-refractivity contribution in [1.82, 2.24) is 10.2 Å². The predicted octanol–water partition coefficient (Wildman–Crippen LogP) is 5.68. The molecule has 1 atom stereocenters. The normalized spacial score (nSPS) is 11.6. The molecule has 0 heterocycles. The summed E-state index contributed by atoms with van der Waals surface area (Å²) in [5.74, 6) is 0.0168. The highest BCUT2D eigenvalue weighted by molar-refractivity contribution is 6.36. The van der Waals surface area contributed by atoms with E-state index < -0.39 is 6.04 Å². The molecule has 0 saturated carbocycles. The van der Waals surface area contributed by atoms with Gasteiger partial charge in [0.05, 0.1) is 0 Å². The summed E-state index contributed by atoms with van der Waals surface area (Å²) in [4.78, 5) is 28.1. The van der Waals surface area contributed by atoms with Crippen LogP contribution in [-0.4, -0.2) is 36.4 Å². The Morgan fingerprint density at radius 3 is 2.26 bits per heavy atom. The van der Waals surface area contributed by atoms with Crippen LogP contribution in [0.4, 0.5) is 0 Å². The van der Waals surface area contributed by atoms with Gasteiger partial charge in [-0.2, -0.15) is 0 Å². The fourth-order valence-electron chi connectivity index (χ4n) is 3.95. The van der Waals surface area contributed by atoms with Crippen LogP contribution in [0.5, 0.6) is 5.75 Å². The van der Waals surface area contributed by atoms with E-state index in [2.05, 4.69) is 11.4 Å². The molecule has 0 spiro atoms. The number of carbonyl (C=O) groups excluding carboxylic acids is 2. The van der Waals surface area contributed by atoms with Crippen molar-refractivity contribution in [1.29, 1.82) is 0 Å². The Hall–Kier alpha value is -3.02. The summed E-state index contributed by atoms with van der Waals surface area (Å²) in [6.07, 6.45) is 0.330. The molecule has 0 fully saturated rings. The van der Waals surface area contributed by atoms with Gasteiger partial charge in [0.2, 0.25) is 5.91 Å². The summed E-state index contributed by atoms with van der Waals surface area (Å²) in [5.41, 5.74) is 4.60. The summed E-state index contributed by atoms with van der Waals surface area (Å²) in [6.45, 7) is 5.78. The quantitative estimate of drug-likeness (QED) is 0.400. The zero-order chi connectivity index (χ0) is 25.5. The van der Waals surface area contributed by atoms with Gasteiger partial charge in [0.25, 0.3) is 5.91 Å². The Kier molecular flexibility index (Phi) is 9.19. The van der Waals surface area contributed by atoms with Crippen molar-refractivity contribution in [3.8, 4) is 5.75 Å². The number of benzene rings is 3. The lowest BCUT2D eigenvalue weighted by molar-refractivity contribution is -0.142. The molecule has 5 nitrogen and oxygen atoms in total. The second-order valence-corrected chi connectivity index (χ2v) is 9.35. The maximum atomic E-state index is 13.6. The fraction of sp³-hybridized carbons (Fsp3) is 0.286. The molecule has 0 saturated heterocycles. The summed E-state index contributed by atoms with van der Waals surface area (Å²) >= 11 is 12.9. The molecular weight excluding hydrogens is 483 g/mol. The first-order valence-electron chi connectivity index (χ1n) is 11.4. The molecule has 0 aromatic heterocycles. The van der Waals surface area contributed by atoms with Crippen LogP contribution >= 0.6 is 23.2 Å². The molecule has 0 aliphatic carbocycles. The van der Waals surface area contributed by atoms with Gasteiger partial charge in [-0.15, -0.1) is 0 Å². The van der Waals surface area contributed by atoms with Crippen molar-refractivity contribution in [2.24, 2.45) is 0 Å². The molecule has 7 heteroatoms. The minimum atomic E-state index is -0.786. The predicted molar refractivity (Wildman–Crippen MR) is 141 cm³/mol. The summed E-state index contributed by atoms with van der Waals surface area (Å²) < 4.78 is 5.96. The molecule has 3 aromatic carbocycles. The van der Waals surface area contributed by atoms with E-state index in [-0.39, 0.29) is 25.0 Å². The molecule has 0 aliphatic rings. The topological polar surface area (TPSA) is 58.6 Å². The van der Waals surface area contributed by atoms with Crippen LogP contribution < -0.4 is 10.1 Å². The number of halogens is 2. The van der Waals surface area contributed by atoms with E-state index in [1.54, 1.807) is 25.2 Å². The number of rotatable bonds is 9. The highest BCUT2D eigenvalue weighted by atomic mass is 35.5. The first-order valence-corrected chi connectivity index (χ1v) is 12.1.